The van der Waals surface area contributed by atoms with Crippen LogP contribution >= 0.6 is 11.8 Å². The number of hydrogen-bond donors (Lipinski definition) is 1. The number of anilines is 1. The van der Waals surface area contributed by atoms with Gasteiger partial charge in [0.15, 0.2) is 16.3 Å². The Morgan fingerprint density at radius 1 is 1.10 bits per heavy atom. The maximum absolute atomic E-state index is 12.3. The van der Waals surface area contributed by atoms with E-state index in [1.807, 2.05) is 6.92 Å². The quantitative estimate of drug-likeness (QED) is 0.585. The third-order valence-corrected chi connectivity index (χ3v) is 5.46. The normalized spacial score (nSPS) is 11.0. The van der Waals surface area contributed by atoms with E-state index in [1.54, 1.807) is 42.9 Å². The molecule has 10 heteroatoms. The van der Waals surface area contributed by atoms with Gasteiger partial charge in [-0.1, -0.05) is 11.8 Å². The van der Waals surface area contributed by atoms with E-state index in [-0.39, 0.29) is 17.8 Å². The third-order valence-electron chi connectivity index (χ3n) is 4.43. The Bertz CT molecular complexity index is 1160. The molecule has 29 heavy (non-hydrogen) atoms. The Hall–Kier alpha value is -3.01. The van der Waals surface area contributed by atoms with Crippen molar-refractivity contribution in [2.24, 2.45) is 21.1 Å². The van der Waals surface area contributed by atoms with Crippen LogP contribution in [0.15, 0.2) is 39.0 Å². The molecule has 9 nitrogen and oxygen atoms in total. The number of amides is 1. The summed E-state index contributed by atoms with van der Waals surface area (Å²) < 4.78 is 9.51. The van der Waals surface area contributed by atoms with Crippen molar-refractivity contribution in [3.63, 3.8) is 0 Å². The van der Waals surface area contributed by atoms with Crippen molar-refractivity contribution in [2.75, 3.05) is 17.7 Å². The second-order valence-corrected chi connectivity index (χ2v) is 7.50. The molecule has 1 amide bonds. The highest BCUT2D eigenvalue weighted by molar-refractivity contribution is 7.99. The van der Waals surface area contributed by atoms with E-state index >= 15 is 0 Å². The maximum atomic E-state index is 12.3. The van der Waals surface area contributed by atoms with Gasteiger partial charge < -0.3 is 14.6 Å². The zero-order chi connectivity index (χ0) is 21.1. The van der Waals surface area contributed by atoms with Crippen LogP contribution in [-0.4, -0.2) is 37.0 Å². The van der Waals surface area contributed by atoms with Gasteiger partial charge in [0, 0.05) is 39.0 Å². The molecule has 0 aliphatic carbocycles. The Labute approximate surface area is 171 Å². The zero-order valence-electron chi connectivity index (χ0n) is 16.8. The molecule has 0 saturated carbocycles. The van der Waals surface area contributed by atoms with Gasteiger partial charge in [-0.3, -0.25) is 18.7 Å². The van der Waals surface area contributed by atoms with Crippen LogP contribution in [0, 0.1) is 0 Å². The van der Waals surface area contributed by atoms with Gasteiger partial charge in [-0.15, -0.1) is 0 Å². The molecule has 0 saturated heterocycles. The number of nitrogens with zero attached hydrogens (tertiary/aromatic N) is 4. The van der Waals surface area contributed by atoms with Crippen molar-refractivity contribution >= 4 is 34.5 Å². The number of hydrogen-bond acceptors (Lipinski definition) is 6. The van der Waals surface area contributed by atoms with Gasteiger partial charge in [-0.2, -0.15) is 0 Å². The number of nitrogens with one attached hydrogen (secondary N) is 1. The molecule has 0 bridgehead atoms. The number of ether oxygens (including phenoxy) is 1. The fourth-order valence-electron chi connectivity index (χ4n) is 2.95. The molecule has 0 fully saturated rings. The molecule has 0 aliphatic heterocycles. The second-order valence-electron chi connectivity index (χ2n) is 6.44. The molecule has 0 unspecified atom stereocenters. The first-order valence-electron chi connectivity index (χ1n) is 9.11. The van der Waals surface area contributed by atoms with Crippen LogP contribution in [0.5, 0.6) is 5.75 Å². The lowest BCUT2D eigenvalue weighted by Gasteiger charge is -2.07. The summed E-state index contributed by atoms with van der Waals surface area (Å²) in [6.07, 6.45) is 0.276. The number of aryl methyl sites for hydroxylation is 2. The van der Waals surface area contributed by atoms with Crippen LogP contribution in [0.1, 0.15) is 13.3 Å². The monoisotopic (exact) mass is 417 g/mol. The maximum Gasteiger partial charge on any atom is 0.332 e. The fraction of sp³-hybridized carbons (Fsp3) is 0.368. The molecule has 0 spiro atoms. The van der Waals surface area contributed by atoms with Crippen LogP contribution in [0.2, 0.25) is 0 Å². The van der Waals surface area contributed by atoms with E-state index in [4.69, 9.17) is 4.74 Å². The Morgan fingerprint density at radius 2 is 1.79 bits per heavy atom. The molecule has 3 aromatic rings. The van der Waals surface area contributed by atoms with Crippen molar-refractivity contribution in [1.82, 2.24) is 18.7 Å². The summed E-state index contributed by atoms with van der Waals surface area (Å²) in [5.74, 6) is 1.11. The standard InChI is InChI=1S/C19H23N5O4S/c1-5-28-13-8-6-12(7-9-13)20-14(25)10-11-29-18-21-15-16(22(18)2)23(3)19(27)24(4)17(15)26/h6-9H,5,10-11H2,1-4H3,(H,20,25). The molecule has 154 valence electrons. The number of rotatable bonds is 7. The van der Waals surface area contributed by atoms with Crippen molar-refractivity contribution < 1.29 is 9.53 Å². The number of benzene rings is 1. The lowest BCUT2D eigenvalue weighted by Crippen LogP contribution is -2.37. The van der Waals surface area contributed by atoms with Crippen molar-refractivity contribution in [2.45, 2.75) is 18.5 Å². The lowest BCUT2D eigenvalue weighted by atomic mass is 10.3. The van der Waals surface area contributed by atoms with E-state index in [0.717, 1.165) is 10.3 Å². The van der Waals surface area contributed by atoms with E-state index in [9.17, 15) is 14.4 Å². The molecule has 1 N–H and O–H groups in total. The fourth-order valence-corrected chi connectivity index (χ4v) is 3.85. The molecule has 0 aliphatic rings. The number of carbonyl (C=O) groups is 1. The molecule has 3 rings (SSSR count). The molecule has 2 heterocycles. The molecule has 2 aromatic heterocycles. The van der Waals surface area contributed by atoms with Crippen molar-refractivity contribution in [3.05, 3.63) is 45.1 Å². The highest BCUT2D eigenvalue weighted by Gasteiger charge is 2.17. The number of fused-ring (bicyclic) bond motifs is 1. The third kappa shape index (κ3) is 4.21. The minimum Gasteiger partial charge on any atom is -0.494 e. The summed E-state index contributed by atoms with van der Waals surface area (Å²) in [7, 11) is 4.78. The molecule has 0 radical (unpaired) electrons. The Balaban J connectivity index is 1.65. The van der Waals surface area contributed by atoms with Crippen molar-refractivity contribution in [3.8, 4) is 5.75 Å². The van der Waals surface area contributed by atoms with Crippen LogP contribution in [0.25, 0.3) is 11.2 Å². The Kier molecular flexibility index (Phi) is 6.12. The predicted molar refractivity (Wildman–Crippen MR) is 113 cm³/mol. The lowest BCUT2D eigenvalue weighted by molar-refractivity contribution is -0.115. The highest BCUT2D eigenvalue weighted by atomic mass is 32.2. The zero-order valence-corrected chi connectivity index (χ0v) is 17.6. The predicted octanol–water partition coefficient (Wildman–Crippen LogP) is 1.49. The first-order chi connectivity index (χ1) is 13.8. The summed E-state index contributed by atoms with van der Waals surface area (Å²) in [6.45, 7) is 2.50. The molecule has 1 aromatic carbocycles. The summed E-state index contributed by atoms with van der Waals surface area (Å²) in [5.41, 5.74) is 0.554. The molecule has 0 atom stereocenters. The number of aromatic nitrogens is 4. The van der Waals surface area contributed by atoms with E-state index in [2.05, 4.69) is 10.3 Å². The van der Waals surface area contributed by atoms with Gasteiger partial charge in [0.05, 0.1) is 6.61 Å². The van der Waals surface area contributed by atoms with Gasteiger partial charge in [0.2, 0.25) is 5.91 Å². The van der Waals surface area contributed by atoms with Crippen LogP contribution in [0.3, 0.4) is 0 Å². The topological polar surface area (TPSA) is 100 Å². The highest BCUT2D eigenvalue weighted by Crippen LogP contribution is 2.21. The number of imidazole rings is 1. The van der Waals surface area contributed by atoms with Gasteiger partial charge in [-0.05, 0) is 31.2 Å². The second kappa shape index (κ2) is 8.56. The first-order valence-corrected chi connectivity index (χ1v) is 10.1. The van der Waals surface area contributed by atoms with Gasteiger partial charge in [0.1, 0.15) is 5.75 Å². The van der Waals surface area contributed by atoms with Crippen LogP contribution in [0.4, 0.5) is 5.69 Å². The van der Waals surface area contributed by atoms with Crippen molar-refractivity contribution in [1.29, 1.82) is 0 Å². The average Bonchev–Trinajstić information content (AvgIpc) is 3.03. The van der Waals surface area contributed by atoms with E-state index in [1.165, 1.54) is 23.4 Å². The summed E-state index contributed by atoms with van der Waals surface area (Å²) in [6, 6.07) is 7.19. The largest absolute Gasteiger partial charge is 0.494 e. The van der Waals surface area contributed by atoms with E-state index < -0.39 is 11.2 Å². The summed E-state index contributed by atoms with van der Waals surface area (Å²) in [5, 5.41) is 3.41. The first kappa shape index (κ1) is 20.7. The average molecular weight is 417 g/mol. The van der Waals surface area contributed by atoms with Crippen LogP contribution in [-0.2, 0) is 25.9 Å². The van der Waals surface area contributed by atoms with Crippen LogP contribution < -0.4 is 21.3 Å². The summed E-state index contributed by atoms with van der Waals surface area (Å²) >= 11 is 1.36. The molecular weight excluding hydrogens is 394 g/mol. The van der Waals surface area contributed by atoms with Gasteiger partial charge in [0.25, 0.3) is 5.56 Å². The number of carbonyl (C=O) groups excluding carboxylic acids is 1. The minimum absolute atomic E-state index is 0.122. The summed E-state index contributed by atoms with van der Waals surface area (Å²) in [4.78, 5) is 41.0. The molecular formula is C19H23N5O4S. The van der Waals surface area contributed by atoms with E-state index in [0.29, 0.717) is 28.9 Å². The minimum atomic E-state index is -0.432. The van der Waals surface area contributed by atoms with Gasteiger partial charge >= 0.3 is 5.69 Å². The SMILES string of the molecule is CCOc1ccc(NC(=O)CCSc2nc3c(=O)n(C)c(=O)n(C)c3n2C)cc1. The Morgan fingerprint density at radius 3 is 2.45 bits per heavy atom. The van der Waals surface area contributed by atoms with Gasteiger partial charge in [-0.25, -0.2) is 9.78 Å². The number of thioether (sulfide) groups is 1. The smallest absolute Gasteiger partial charge is 0.332 e.